The summed E-state index contributed by atoms with van der Waals surface area (Å²) in [5, 5.41) is 3.52. The van der Waals surface area contributed by atoms with Crippen LogP contribution in [0, 0.1) is 0 Å². The van der Waals surface area contributed by atoms with Crippen LogP contribution in [0.3, 0.4) is 0 Å². The van der Waals surface area contributed by atoms with Gasteiger partial charge in [0.2, 0.25) is 0 Å². The molecule has 0 saturated heterocycles. The summed E-state index contributed by atoms with van der Waals surface area (Å²) in [7, 11) is 1.74. The van der Waals surface area contributed by atoms with Gasteiger partial charge in [0.1, 0.15) is 17.6 Å². The Balaban J connectivity index is 2.05. The van der Waals surface area contributed by atoms with Crippen molar-refractivity contribution in [2.45, 2.75) is 52.3 Å². The number of nitrogens with one attached hydrogen (secondary N) is 1. The van der Waals surface area contributed by atoms with Crippen LogP contribution in [0.15, 0.2) is 12.1 Å². The standard InChI is InChI=1S/C17H27NO3/c1-5-20-16-9-14-8-13(3)21-17(14)10-15(16)11-18-12(2)6-7-19-4/h9-10,12-13,18H,5-8,11H2,1-4H3. The van der Waals surface area contributed by atoms with E-state index in [-0.39, 0.29) is 6.10 Å². The molecule has 1 aliphatic heterocycles. The molecule has 4 heteroatoms. The van der Waals surface area contributed by atoms with Crippen LogP contribution in [0.1, 0.15) is 38.3 Å². The third kappa shape index (κ3) is 4.35. The van der Waals surface area contributed by atoms with Crippen molar-refractivity contribution < 1.29 is 14.2 Å². The van der Waals surface area contributed by atoms with E-state index in [1.807, 2.05) is 6.92 Å². The van der Waals surface area contributed by atoms with Crippen LogP contribution in [0.2, 0.25) is 0 Å². The molecule has 2 atom stereocenters. The SMILES string of the molecule is CCOc1cc2c(cc1CNC(C)CCOC)OC(C)C2. The summed E-state index contributed by atoms with van der Waals surface area (Å²) in [5.41, 5.74) is 2.41. The quantitative estimate of drug-likeness (QED) is 0.800. The Morgan fingerprint density at radius 1 is 1.43 bits per heavy atom. The van der Waals surface area contributed by atoms with Crippen molar-refractivity contribution in [3.05, 3.63) is 23.3 Å². The van der Waals surface area contributed by atoms with Gasteiger partial charge in [-0.25, -0.2) is 0 Å². The number of hydrogen-bond acceptors (Lipinski definition) is 4. The molecule has 1 aromatic rings. The summed E-state index contributed by atoms with van der Waals surface area (Å²) in [4.78, 5) is 0. The molecule has 0 spiro atoms. The minimum atomic E-state index is 0.262. The second kappa shape index (κ2) is 7.66. The minimum absolute atomic E-state index is 0.262. The molecule has 0 saturated carbocycles. The van der Waals surface area contributed by atoms with Gasteiger partial charge in [0.25, 0.3) is 0 Å². The molecule has 0 aromatic heterocycles. The Hall–Kier alpha value is -1.26. The van der Waals surface area contributed by atoms with Crippen LogP contribution in [-0.2, 0) is 17.7 Å². The van der Waals surface area contributed by atoms with Gasteiger partial charge in [-0.05, 0) is 39.3 Å². The van der Waals surface area contributed by atoms with Gasteiger partial charge in [0.05, 0.1) is 6.61 Å². The average Bonchev–Trinajstić information content (AvgIpc) is 2.82. The molecule has 1 aliphatic rings. The zero-order chi connectivity index (χ0) is 15.2. The molecule has 118 valence electrons. The number of rotatable bonds is 8. The van der Waals surface area contributed by atoms with Crippen molar-refractivity contribution >= 4 is 0 Å². The normalized spacial score (nSPS) is 18.2. The number of methoxy groups -OCH3 is 1. The van der Waals surface area contributed by atoms with Crippen LogP contribution in [0.4, 0.5) is 0 Å². The van der Waals surface area contributed by atoms with E-state index in [0.717, 1.165) is 43.1 Å². The van der Waals surface area contributed by atoms with E-state index in [4.69, 9.17) is 14.2 Å². The van der Waals surface area contributed by atoms with E-state index >= 15 is 0 Å². The van der Waals surface area contributed by atoms with Crippen LogP contribution < -0.4 is 14.8 Å². The highest BCUT2D eigenvalue weighted by molar-refractivity contribution is 5.48. The maximum absolute atomic E-state index is 5.85. The molecule has 1 aromatic carbocycles. The molecule has 2 rings (SSSR count). The second-order valence-corrected chi connectivity index (χ2v) is 5.70. The summed E-state index contributed by atoms with van der Waals surface area (Å²) in [5.74, 6) is 1.98. The fraction of sp³-hybridized carbons (Fsp3) is 0.647. The van der Waals surface area contributed by atoms with Gasteiger partial charge in [-0.3, -0.25) is 0 Å². The Morgan fingerprint density at radius 3 is 2.95 bits per heavy atom. The second-order valence-electron chi connectivity index (χ2n) is 5.70. The summed E-state index contributed by atoms with van der Waals surface area (Å²) < 4.78 is 16.8. The lowest BCUT2D eigenvalue weighted by molar-refractivity contribution is 0.184. The van der Waals surface area contributed by atoms with Crippen molar-refractivity contribution in [3.8, 4) is 11.5 Å². The molecule has 4 nitrogen and oxygen atoms in total. The maximum Gasteiger partial charge on any atom is 0.124 e. The number of fused-ring (bicyclic) bond motifs is 1. The smallest absolute Gasteiger partial charge is 0.124 e. The van der Waals surface area contributed by atoms with Gasteiger partial charge in [-0.15, -0.1) is 0 Å². The first-order valence-electron chi connectivity index (χ1n) is 7.81. The third-order valence-electron chi connectivity index (χ3n) is 3.77. The van der Waals surface area contributed by atoms with Crippen LogP contribution >= 0.6 is 0 Å². The van der Waals surface area contributed by atoms with Crippen LogP contribution in [-0.4, -0.2) is 32.5 Å². The molecule has 1 N–H and O–H groups in total. The summed E-state index contributed by atoms with van der Waals surface area (Å²) in [6, 6.07) is 4.67. The van der Waals surface area contributed by atoms with Crippen molar-refractivity contribution in [1.82, 2.24) is 5.32 Å². The number of ether oxygens (including phenoxy) is 3. The number of hydrogen-bond donors (Lipinski definition) is 1. The lowest BCUT2D eigenvalue weighted by Crippen LogP contribution is -2.26. The van der Waals surface area contributed by atoms with Gasteiger partial charge < -0.3 is 19.5 Å². The first kappa shape index (κ1) is 16.1. The number of benzene rings is 1. The topological polar surface area (TPSA) is 39.7 Å². The highest BCUT2D eigenvalue weighted by atomic mass is 16.5. The fourth-order valence-electron chi connectivity index (χ4n) is 2.59. The molecule has 0 amide bonds. The van der Waals surface area contributed by atoms with Crippen molar-refractivity contribution in [2.24, 2.45) is 0 Å². The van der Waals surface area contributed by atoms with Gasteiger partial charge in [0, 0.05) is 43.9 Å². The highest BCUT2D eigenvalue weighted by Crippen LogP contribution is 2.35. The zero-order valence-corrected chi connectivity index (χ0v) is 13.6. The average molecular weight is 293 g/mol. The lowest BCUT2D eigenvalue weighted by atomic mass is 10.1. The molecule has 2 unspecified atom stereocenters. The predicted molar refractivity (Wildman–Crippen MR) is 84.2 cm³/mol. The van der Waals surface area contributed by atoms with E-state index < -0.39 is 0 Å². The van der Waals surface area contributed by atoms with Crippen molar-refractivity contribution in [3.63, 3.8) is 0 Å². The Bertz CT molecular complexity index is 462. The molecule has 1 heterocycles. The molecule has 0 radical (unpaired) electrons. The van der Waals surface area contributed by atoms with Crippen molar-refractivity contribution in [1.29, 1.82) is 0 Å². The van der Waals surface area contributed by atoms with Gasteiger partial charge in [0.15, 0.2) is 0 Å². The van der Waals surface area contributed by atoms with Gasteiger partial charge in [-0.2, -0.15) is 0 Å². The fourth-order valence-corrected chi connectivity index (χ4v) is 2.59. The van der Waals surface area contributed by atoms with Crippen LogP contribution in [0.25, 0.3) is 0 Å². The lowest BCUT2D eigenvalue weighted by Gasteiger charge is -2.16. The summed E-state index contributed by atoms with van der Waals surface area (Å²) >= 11 is 0. The third-order valence-corrected chi connectivity index (χ3v) is 3.77. The Labute approximate surface area is 127 Å². The Morgan fingerprint density at radius 2 is 2.24 bits per heavy atom. The monoisotopic (exact) mass is 293 g/mol. The molecular formula is C17H27NO3. The van der Waals surface area contributed by atoms with E-state index in [9.17, 15) is 0 Å². The maximum atomic E-state index is 5.85. The van der Waals surface area contributed by atoms with E-state index in [0.29, 0.717) is 12.6 Å². The molecular weight excluding hydrogens is 266 g/mol. The summed E-state index contributed by atoms with van der Waals surface area (Å²) in [6.07, 6.45) is 2.23. The summed E-state index contributed by atoms with van der Waals surface area (Å²) in [6.45, 7) is 8.53. The van der Waals surface area contributed by atoms with Crippen LogP contribution in [0.5, 0.6) is 11.5 Å². The predicted octanol–water partition coefficient (Wildman–Crippen LogP) is 2.92. The van der Waals surface area contributed by atoms with E-state index in [2.05, 4.69) is 31.3 Å². The van der Waals surface area contributed by atoms with Gasteiger partial charge in [-0.1, -0.05) is 0 Å². The molecule has 0 fully saturated rings. The molecule has 0 bridgehead atoms. The van der Waals surface area contributed by atoms with Gasteiger partial charge >= 0.3 is 0 Å². The van der Waals surface area contributed by atoms with E-state index in [1.54, 1.807) is 7.11 Å². The Kier molecular flexibility index (Phi) is 5.88. The first-order chi connectivity index (χ1) is 10.1. The molecule has 0 aliphatic carbocycles. The first-order valence-corrected chi connectivity index (χ1v) is 7.81. The molecule has 21 heavy (non-hydrogen) atoms. The minimum Gasteiger partial charge on any atom is -0.494 e. The largest absolute Gasteiger partial charge is 0.494 e. The highest BCUT2D eigenvalue weighted by Gasteiger charge is 2.21. The zero-order valence-electron chi connectivity index (χ0n) is 13.6. The van der Waals surface area contributed by atoms with E-state index in [1.165, 1.54) is 5.56 Å². The van der Waals surface area contributed by atoms with Crippen molar-refractivity contribution in [2.75, 3.05) is 20.3 Å².